The Hall–Kier alpha value is -1.28. The number of hydrogen-bond donors (Lipinski definition) is 2. The maximum atomic E-state index is 9.02. The standard InChI is InChI=1S/C10H15NO.C3H6/c1-10(2,11)7-8-3-5-9(12)6-4-8;1-3-2/h3-6,12H,7,11H2,1-2H3;3H,1H2,2H3. The molecule has 0 aliphatic rings. The number of phenolic OH excluding ortho intramolecular Hbond substituents is 1. The summed E-state index contributed by atoms with van der Waals surface area (Å²) < 4.78 is 0. The smallest absolute Gasteiger partial charge is 0.115 e. The van der Waals surface area contributed by atoms with Crippen molar-refractivity contribution in [2.24, 2.45) is 5.73 Å². The van der Waals surface area contributed by atoms with Crippen molar-refractivity contribution in [1.82, 2.24) is 0 Å². The van der Waals surface area contributed by atoms with E-state index in [4.69, 9.17) is 10.8 Å². The molecule has 0 spiro atoms. The van der Waals surface area contributed by atoms with Crippen molar-refractivity contribution in [2.45, 2.75) is 32.7 Å². The second-order valence-electron chi connectivity index (χ2n) is 4.24. The van der Waals surface area contributed by atoms with Crippen molar-refractivity contribution >= 4 is 0 Å². The van der Waals surface area contributed by atoms with Gasteiger partial charge >= 0.3 is 0 Å². The molecule has 2 heteroatoms. The first-order chi connectivity index (χ1) is 6.89. The highest BCUT2D eigenvalue weighted by molar-refractivity contribution is 5.26. The van der Waals surface area contributed by atoms with E-state index in [2.05, 4.69) is 6.58 Å². The molecule has 1 aromatic carbocycles. The van der Waals surface area contributed by atoms with E-state index in [1.165, 1.54) is 0 Å². The molecule has 0 saturated heterocycles. The van der Waals surface area contributed by atoms with Crippen molar-refractivity contribution in [3.8, 4) is 5.75 Å². The predicted molar refractivity (Wildman–Crippen MR) is 65.9 cm³/mol. The van der Waals surface area contributed by atoms with Gasteiger partial charge in [-0.25, -0.2) is 0 Å². The number of rotatable bonds is 2. The lowest BCUT2D eigenvalue weighted by Gasteiger charge is -2.18. The first kappa shape index (κ1) is 13.7. The molecule has 0 bridgehead atoms. The van der Waals surface area contributed by atoms with Gasteiger partial charge in [0.2, 0.25) is 0 Å². The van der Waals surface area contributed by atoms with E-state index in [0.29, 0.717) is 5.75 Å². The third kappa shape index (κ3) is 7.77. The molecule has 0 aliphatic carbocycles. The van der Waals surface area contributed by atoms with Gasteiger partial charge < -0.3 is 10.8 Å². The number of allylic oxidation sites excluding steroid dienone is 1. The molecule has 84 valence electrons. The SMILES string of the molecule is C=CC.CC(C)(N)Cc1ccc(O)cc1. The Morgan fingerprint density at radius 3 is 2.07 bits per heavy atom. The van der Waals surface area contributed by atoms with Crippen LogP contribution in [-0.4, -0.2) is 10.6 Å². The number of hydrogen-bond acceptors (Lipinski definition) is 2. The maximum Gasteiger partial charge on any atom is 0.115 e. The molecule has 1 aromatic rings. The van der Waals surface area contributed by atoms with Gasteiger partial charge in [-0.3, -0.25) is 0 Å². The normalized spacial score (nSPS) is 10.1. The molecule has 2 nitrogen and oxygen atoms in total. The summed E-state index contributed by atoms with van der Waals surface area (Å²) >= 11 is 0. The Balaban J connectivity index is 0.000000583. The van der Waals surface area contributed by atoms with Crippen LogP contribution in [0.2, 0.25) is 0 Å². The van der Waals surface area contributed by atoms with Crippen molar-refractivity contribution in [3.05, 3.63) is 42.5 Å². The largest absolute Gasteiger partial charge is 0.508 e. The molecule has 0 amide bonds. The van der Waals surface area contributed by atoms with Gasteiger partial charge in [-0.15, -0.1) is 6.58 Å². The average molecular weight is 207 g/mol. The van der Waals surface area contributed by atoms with E-state index in [-0.39, 0.29) is 5.54 Å². The van der Waals surface area contributed by atoms with Crippen molar-refractivity contribution < 1.29 is 5.11 Å². The Morgan fingerprint density at radius 1 is 1.33 bits per heavy atom. The molecule has 0 radical (unpaired) electrons. The van der Waals surface area contributed by atoms with Crippen LogP contribution < -0.4 is 5.73 Å². The molecule has 0 unspecified atom stereocenters. The lowest BCUT2D eigenvalue weighted by atomic mass is 9.96. The van der Waals surface area contributed by atoms with Crippen LogP contribution in [0.5, 0.6) is 5.75 Å². The Morgan fingerprint density at radius 2 is 1.73 bits per heavy atom. The third-order valence-electron chi connectivity index (χ3n) is 1.60. The predicted octanol–water partition coefficient (Wildman–Crippen LogP) is 2.86. The zero-order valence-electron chi connectivity index (χ0n) is 9.83. The maximum absolute atomic E-state index is 9.02. The first-order valence-electron chi connectivity index (χ1n) is 5.03. The molecule has 0 fully saturated rings. The molecule has 1 rings (SSSR count). The average Bonchev–Trinajstić information content (AvgIpc) is 2.08. The van der Waals surface area contributed by atoms with Gasteiger partial charge in [0.15, 0.2) is 0 Å². The highest BCUT2D eigenvalue weighted by Crippen LogP contribution is 2.13. The van der Waals surface area contributed by atoms with Crippen LogP contribution in [0, 0.1) is 0 Å². The highest BCUT2D eigenvalue weighted by Gasteiger charge is 2.10. The monoisotopic (exact) mass is 207 g/mol. The zero-order chi connectivity index (χ0) is 11.9. The van der Waals surface area contributed by atoms with Gasteiger partial charge in [-0.05, 0) is 44.9 Å². The number of aromatic hydroxyl groups is 1. The number of nitrogens with two attached hydrogens (primary N) is 1. The minimum atomic E-state index is -0.184. The summed E-state index contributed by atoms with van der Waals surface area (Å²) in [7, 11) is 0. The van der Waals surface area contributed by atoms with Crippen molar-refractivity contribution in [3.63, 3.8) is 0 Å². The minimum Gasteiger partial charge on any atom is -0.508 e. The summed E-state index contributed by atoms with van der Waals surface area (Å²) in [5.74, 6) is 0.300. The Kier molecular flexibility index (Phi) is 5.72. The summed E-state index contributed by atoms with van der Waals surface area (Å²) in [6.07, 6.45) is 2.58. The molecule has 0 atom stereocenters. The van der Waals surface area contributed by atoms with Crippen LogP contribution >= 0.6 is 0 Å². The van der Waals surface area contributed by atoms with Crippen LogP contribution in [0.1, 0.15) is 26.3 Å². The van der Waals surface area contributed by atoms with E-state index >= 15 is 0 Å². The second kappa shape index (κ2) is 6.25. The first-order valence-corrected chi connectivity index (χ1v) is 5.03. The molecule has 0 saturated carbocycles. The molecular weight excluding hydrogens is 186 g/mol. The molecule has 15 heavy (non-hydrogen) atoms. The van der Waals surface area contributed by atoms with Crippen molar-refractivity contribution in [1.29, 1.82) is 0 Å². The van der Waals surface area contributed by atoms with E-state index < -0.39 is 0 Å². The molecule has 0 aromatic heterocycles. The van der Waals surface area contributed by atoms with Gasteiger partial charge in [-0.2, -0.15) is 0 Å². The van der Waals surface area contributed by atoms with Gasteiger partial charge in [0.25, 0.3) is 0 Å². The molecule has 0 heterocycles. The molecule has 3 N–H and O–H groups in total. The topological polar surface area (TPSA) is 46.2 Å². The molecule has 0 aliphatic heterocycles. The van der Waals surface area contributed by atoms with Crippen molar-refractivity contribution in [2.75, 3.05) is 0 Å². The van der Waals surface area contributed by atoms with Crippen LogP contribution in [-0.2, 0) is 6.42 Å². The van der Waals surface area contributed by atoms with Gasteiger partial charge in [0, 0.05) is 5.54 Å². The fourth-order valence-electron chi connectivity index (χ4n) is 1.14. The van der Waals surface area contributed by atoms with Crippen LogP contribution in [0.4, 0.5) is 0 Å². The summed E-state index contributed by atoms with van der Waals surface area (Å²) in [5.41, 5.74) is 6.81. The fourth-order valence-corrected chi connectivity index (χ4v) is 1.14. The van der Waals surface area contributed by atoms with Gasteiger partial charge in [0.05, 0.1) is 0 Å². The highest BCUT2D eigenvalue weighted by atomic mass is 16.3. The van der Waals surface area contributed by atoms with Crippen LogP contribution in [0.25, 0.3) is 0 Å². The van der Waals surface area contributed by atoms with E-state index in [1.54, 1.807) is 18.2 Å². The summed E-state index contributed by atoms with van der Waals surface area (Å²) in [5, 5.41) is 9.02. The van der Waals surface area contributed by atoms with E-state index in [0.717, 1.165) is 12.0 Å². The van der Waals surface area contributed by atoms with E-state index in [9.17, 15) is 0 Å². The summed E-state index contributed by atoms with van der Waals surface area (Å²) in [6.45, 7) is 9.22. The molecular formula is C13H21NO. The third-order valence-corrected chi connectivity index (χ3v) is 1.60. The fraction of sp³-hybridized carbons (Fsp3) is 0.385. The second-order valence-corrected chi connectivity index (χ2v) is 4.24. The summed E-state index contributed by atoms with van der Waals surface area (Å²) in [4.78, 5) is 0. The lowest BCUT2D eigenvalue weighted by Crippen LogP contribution is -2.34. The number of phenols is 1. The van der Waals surface area contributed by atoms with Gasteiger partial charge in [0.1, 0.15) is 5.75 Å². The quantitative estimate of drug-likeness (QED) is 0.732. The van der Waals surface area contributed by atoms with Gasteiger partial charge in [-0.1, -0.05) is 18.2 Å². The summed E-state index contributed by atoms with van der Waals surface area (Å²) in [6, 6.07) is 7.15. The zero-order valence-corrected chi connectivity index (χ0v) is 9.83. The Bertz CT molecular complexity index is 282. The van der Waals surface area contributed by atoms with Crippen LogP contribution in [0.3, 0.4) is 0 Å². The van der Waals surface area contributed by atoms with Crippen LogP contribution in [0.15, 0.2) is 36.9 Å². The Labute approximate surface area is 92.4 Å². The van der Waals surface area contributed by atoms with E-state index in [1.807, 2.05) is 32.9 Å². The lowest BCUT2D eigenvalue weighted by molar-refractivity contribution is 0.473. The minimum absolute atomic E-state index is 0.184. The number of benzene rings is 1.